The van der Waals surface area contributed by atoms with Crippen LogP contribution < -0.4 is 16.4 Å². The molecule has 0 radical (unpaired) electrons. The first-order chi connectivity index (χ1) is 12.0. The summed E-state index contributed by atoms with van der Waals surface area (Å²) in [4.78, 5) is 24.0. The van der Waals surface area contributed by atoms with Crippen LogP contribution in [0.5, 0.6) is 0 Å². The lowest BCUT2D eigenvalue weighted by molar-refractivity contribution is -0.120. The summed E-state index contributed by atoms with van der Waals surface area (Å²) < 4.78 is 0. The van der Waals surface area contributed by atoms with Gasteiger partial charge in [0.1, 0.15) is 6.04 Å². The highest BCUT2D eigenvalue weighted by Gasteiger charge is 2.17. The first kappa shape index (κ1) is 18.7. The van der Waals surface area contributed by atoms with Gasteiger partial charge in [-0.15, -0.1) is 0 Å². The zero-order valence-electron chi connectivity index (χ0n) is 14.7. The average Bonchev–Trinajstić information content (AvgIpc) is 2.62. The van der Waals surface area contributed by atoms with Crippen molar-refractivity contribution in [2.45, 2.75) is 38.9 Å². The van der Waals surface area contributed by atoms with Gasteiger partial charge < -0.3 is 11.1 Å². The first-order valence-corrected chi connectivity index (χ1v) is 8.48. The molecular weight excluding hydrogens is 314 g/mol. The van der Waals surface area contributed by atoms with Crippen LogP contribution in [0.3, 0.4) is 0 Å². The molecule has 0 saturated carbocycles. The maximum Gasteiger partial charge on any atom is 0.251 e. The highest BCUT2D eigenvalue weighted by molar-refractivity contribution is 5.94. The number of nitrogens with one attached hydrogen (secondary N) is 2. The molecule has 25 heavy (non-hydrogen) atoms. The summed E-state index contributed by atoms with van der Waals surface area (Å²) in [6.07, 6.45) is 0.879. The number of carbonyl (C=O) groups is 2. The number of hydrogen-bond donors (Lipinski definition) is 3. The Morgan fingerprint density at radius 1 is 1.08 bits per heavy atom. The maximum atomic E-state index is 12.2. The minimum atomic E-state index is -0.571. The predicted molar refractivity (Wildman–Crippen MR) is 98.9 cm³/mol. The van der Waals surface area contributed by atoms with Crippen molar-refractivity contribution in [1.82, 2.24) is 10.6 Å². The van der Waals surface area contributed by atoms with Gasteiger partial charge in [0.2, 0.25) is 5.91 Å². The van der Waals surface area contributed by atoms with E-state index in [0.717, 1.165) is 17.5 Å². The molecule has 2 aromatic carbocycles. The standard InChI is InChI=1S/C20H25N3O2/c1-3-14(2)23-20(25)17-11-7-8-15(12-17)13-22-18(19(21)24)16-9-5-4-6-10-16/h4-12,14,18,22H,3,13H2,1-2H3,(H2,21,24)(H,23,25)/t14-,18-/m1/s1. The predicted octanol–water partition coefficient (Wildman–Crippen LogP) is 2.53. The second kappa shape index (κ2) is 8.99. The van der Waals surface area contributed by atoms with Gasteiger partial charge in [0.05, 0.1) is 0 Å². The van der Waals surface area contributed by atoms with Crippen LogP contribution in [0.4, 0.5) is 0 Å². The van der Waals surface area contributed by atoms with E-state index in [0.29, 0.717) is 12.1 Å². The van der Waals surface area contributed by atoms with Crippen LogP contribution in [-0.4, -0.2) is 17.9 Å². The molecule has 2 atom stereocenters. The fourth-order valence-corrected chi connectivity index (χ4v) is 2.48. The number of rotatable bonds is 8. The van der Waals surface area contributed by atoms with Crippen molar-refractivity contribution in [2.24, 2.45) is 5.73 Å². The van der Waals surface area contributed by atoms with Crippen LogP contribution >= 0.6 is 0 Å². The van der Waals surface area contributed by atoms with Crippen LogP contribution in [0, 0.1) is 0 Å². The van der Waals surface area contributed by atoms with Gasteiger partial charge >= 0.3 is 0 Å². The highest BCUT2D eigenvalue weighted by atomic mass is 16.2. The van der Waals surface area contributed by atoms with E-state index in [1.807, 2.05) is 62.4 Å². The van der Waals surface area contributed by atoms with Gasteiger partial charge in [-0.3, -0.25) is 14.9 Å². The smallest absolute Gasteiger partial charge is 0.251 e. The minimum absolute atomic E-state index is 0.0919. The summed E-state index contributed by atoms with van der Waals surface area (Å²) >= 11 is 0. The largest absolute Gasteiger partial charge is 0.368 e. The van der Waals surface area contributed by atoms with Gasteiger partial charge in [-0.25, -0.2) is 0 Å². The van der Waals surface area contributed by atoms with Gasteiger partial charge in [-0.2, -0.15) is 0 Å². The molecule has 132 valence electrons. The van der Waals surface area contributed by atoms with Crippen molar-refractivity contribution in [2.75, 3.05) is 0 Å². The quantitative estimate of drug-likeness (QED) is 0.691. The third-order valence-electron chi connectivity index (χ3n) is 4.11. The van der Waals surface area contributed by atoms with Crippen LogP contribution in [0.25, 0.3) is 0 Å². The molecular formula is C20H25N3O2. The van der Waals surface area contributed by atoms with E-state index in [2.05, 4.69) is 10.6 Å². The normalized spacial score (nSPS) is 13.0. The molecule has 0 unspecified atom stereocenters. The van der Waals surface area contributed by atoms with Crippen molar-refractivity contribution in [3.63, 3.8) is 0 Å². The van der Waals surface area contributed by atoms with Gasteiger partial charge in [0.25, 0.3) is 5.91 Å². The summed E-state index contributed by atoms with van der Waals surface area (Å²) in [5, 5.41) is 6.11. The molecule has 0 heterocycles. The lowest BCUT2D eigenvalue weighted by atomic mass is 10.1. The van der Waals surface area contributed by atoms with E-state index in [1.165, 1.54) is 0 Å². The topological polar surface area (TPSA) is 84.2 Å². The van der Waals surface area contributed by atoms with Crippen LogP contribution in [-0.2, 0) is 11.3 Å². The van der Waals surface area contributed by atoms with Crippen molar-refractivity contribution >= 4 is 11.8 Å². The molecule has 0 saturated heterocycles. The molecule has 2 aromatic rings. The Morgan fingerprint density at radius 2 is 1.80 bits per heavy atom. The monoisotopic (exact) mass is 339 g/mol. The van der Waals surface area contributed by atoms with Crippen molar-refractivity contribution in [3.8, 4) is 0 Å². The molecule has 4 N–H and O–H groups in total. The fraction of sp³-hybridized carbons (Fsp3) is 0.300. The number of primary amides is 1. The minimum Gasteiger partial charge on any atom is -0.368 e. The molecule has 5 nitrogen and oxygen atoms in total. The van der Waals surface area contributed by atoms with Crippen LogP contribution in [0.15, 0.2) is 54.6 Å². The molecule has 0 aliphatic carbocycles. The number of carbonyl (C=O) groups excluding carboxylic acids is 2. The average molecular weight is 339 g/mol. The van der Waals surface area contributed by atoms with Crippen molar-refractivity contribution in [1.29, 1.82) is 0 Å². The molecule has 0 aliphatic heterocycles. The lowest BCUT2D eigenvalue weighted by Gasteiger charge is -2.16. The Labute approximate surface area is 148 Å². The van der Waals surface area contributed by atoms with E-state index in [9.17, 15) is 9.59 Å². The van der Waals surface area contributed by atoms with Gasteiger partial charge in [-0.1, -0.05) is 49.4 Å². The molecule has 2 amide bonds. The zero-order chi connectivity index (χ0) is 18.2. The molecule has 0 spiro atoms. The third-order valence-corrected chi connectivity index (χ3v) is 4.11. The second-order valence-corrected chi connectivity index (χ2v) is 6.11. The first-order valence-electron chi connectivity index (χ1n) is 8.48. The SMILES string of the molecule is CC[C@@H](C)NC(=O)c1cccc(CN[C@@H](C(N)=O)c2ccccc2)c1. The summed E-state index contributed by atoms with van der Waals surface area (Å²) in [7, 11) is 0. The van der Waals surface area contributed by atoms with Gasteiger partial charge in [0.15, 0.2) is 0 Å². The van der Waals surface area contributed by atoms with Crippen LogP contribution in [0.1, 0.15) is 47.8 Å². The van der Waals surface area contributed by atoms with E-state index >= 15 is 0 Å². The van der Waals surface area contributed by atoms with E-state index in [4.69, 9.17) is 5.73 Å². The summed E-state index contributed by atoms with van der Waals surface area (Å²) in [5.74, 6) is -0.525. The summed E-state index contributed by atoms with van der Waals surface area (Å²) in [5.41, 5.74) is 7.86. The fourth-order valence-electron chi connectivity index (χ4n) is 2.48. The Bertz CT molecular complexity index is 716. The Kier molecular flexibility index (Phi) is 6.71. The van der Waals surface area contributed by atoms with E-state index in [-0.39, 0.29) is 11.9 Å². The van der Waals surface area contributed by atoms with Crippen molar-refractivity contribution < 1.29 is 9.59 Å². The Balaban J connectivity index is 2.06. The Hall–Kier alpha value is -2.66. The third kappa shape index (κ3) is 5.43. The van der Waals surface area contributed by atoms with Gasteiger partial charge in [0, 0.05) is 18.2 Å². The molecule has 0 aliphatic rings. The summed E-state index contributed by atoms with van der Waals surface area (Å²) in [6.45, 7) is 4.44. The number of nitrogens with two attached hydrogens (primary N) is 1. The lowest BCUT2D eigenvalue weighted by Crippen LogP contribution is -2.33. The number of benzene rings is 2. The number of hydrogen-bond acceptors (Lipinski definition) is 3. The summed E-state index contributed by atoms with van der Waals surface area (Å²) in [6, 6.07) is 16.3. The van der Waals surface area contributed by atoms with E-state index < -0.39 is 11.9 Å². The molecule has 0 aromatic heterocycles. The van der Waals surface area contributed by atoms with Crippen LogP contribution in [0.2, 0.25) is 0 Å². The molecule has 5 heteroatoms. The zero-order valence-corrected chi connectivity index (χ0v) is 14.7. The second-order valence-electron chi connectivity index (χ2n) is 6.11. The molecule has 0 fully saturated rings. The Morgan fingerprint density at radius 3 is 2.44 bits per heavy atom. The van der Waals surface area contributed by atoms with E-state index in [1.54, 1.807) is 6.07 Å². The van der Waals surface area contributed by atoms with Crippen molar-refractivity contribution in [3.05, 3.63) is 71.3 Å². The van der Waals surface area contributed by atoms with Gasteiger partial charge in [-0.05, 0) is 36.6 Å². The molecule has 2 rings (SSSR count). The highest BCUT2D eigenvalue weighted by Crippen LogP contribution is 2.14. The molecule has 0 bridgehead atoms. The maximum absolute atomic E-state index is 12.2. The number of amides is 2.